The molecule has 2 heteroatoms. The van der Waals surface area contributed by atoms with Crippen LogP contribution in [0.3, 0.4) is 0 Å². The Morgan fingerprint density at radius 1 is 0.720 bits per heavy atom. The average molecular weight is 321 g/mol. The maximum absolute atomic E-state index is 12.0. The third kappa shape index (κ3) is 1.94. The topological polar surface area (TPSA) is 21.5 Å². The Morgan fingerprint density at radius 3 is 2.20 bits per heavy atom. The Labute approximate surface area is 144 Å². The zero-order chi connectivity index (χ0) is 16.8. The van der Waals surface area contributed by atoms with Crippen molar-refractivity contribution in [3.63, 3.8) is 0 Å². The van der Waals surface area contributed by atoms with Gasteiger partial charge in [0.05, 0.1) is 16.6 Å². The van der Waals surface area contributed by atoms with Gasteiger partial charge in [0, 0.05) is 16.5 Å². The summed E-state index contributed by atoms with van der Waals surface area (Å²) in [5, 5.41) is 2.15. The molecule has 5 rings (SSSR count). The highest BCUT2D eigenvalue weighted by Crippen LogP contribution is 2.36. The SMILES string of the molecule is O=Cc1c2ccccc2n2c1c(-c1ccccc1)cc1ccccc12. The smallest absolute Gasteiger partial charge is 0.152 e. The number of para-hydroxylation sites is 2. The van der Waals surface area contributed by atoms with Gasteiger partial charge in [0.2, 0.25) is 0 Å². The van der Waals surface area contributed by atoms with Gasteiger partial charge in [0.15, 0.2) is 6.29 Å². The third-order valence-electron chi connectivity index (χ3n) is 4.85. The second-order valence-corrected chi connectivity index (χ2v) is 6.22. The molecule has 0 bridgehead atoms. The summed E-state index contributed by atoms with van der Waals surface area (Å²) in [6, 6.07) is 28.9. The quantitative estimate of drug-likeness (QED) is 0.381. The second-order valence-electron chi connectivity index (χ2n) is 6.22. The van der Waals surface area contributed by atoms with Crippen LogP contribution in [0.5, 0.6) is 0 Å². The van der Waals surface area contributed by atoms with Gasteiger partial charge in [0.25, 0.3) is 0 Å². The Morgan fingerprint density at radius 2 is 1.40 bits per heavy atom. The van der Waals surface area contributed by atoms with Crippen molar-refractivity contribution in [2.75, 3.05) is 0 Å². The number of rotatable bonds is 2. The van der Waals surface area contributed by atoms with Crippen molar-refractivity contribution in [3.8, 4) is 11.1 Å². The average Bonchev–Trinajstić information content (AvgIpc) is 3.03. The highest BCUT2D eigenvalue weighted by atomic mass is 16.1. The van der Waals surface area contributed by atoms with Crippen LogP contribution in [0.4, 0.5) is 0 Å². The van der Waals surface area contributed by atoms with Gasteiger partial charge in [-0.1, -0.05) is 66.7 Å². The lowest BCUT2D eigenvalue weighted by atomic mass is 10.0. The molecule has 0 N–H and O–H groups in total. The fourth-order valence-electron chi connectivity index (χ4n) is 3.77. The van der Waals surface area contributed by atoms with E-state index in [1.165, 1.54) is 0 Å². The zero-order valence-electron chi connectivity index (χ0n) is 13.5. The Bertz CT molecular complexity index is 1250. The van der Waals surface area contributed by atoms with Crippen LogP contribution in [0.25, 0.3) is 38.4 Å². The predicted molar refractivity (Wildman–Crippen MR) is 103 cm³/mol. The van der Waals surface area contributed by atoms with Crippen LogP contribution in [-0.4, -0.2) is 10.7 Å². The van der Waals surface area contributed by atoms with Crippen LogP contribution in [0, 0.1) is 0 Å². The fourth-order valence-corrected chi connectivity index (χ4v) is 3.77. The molecule has 0 unspecified atom stereocenters. The molecular weight excluding hydrogens is 306 g/mol. The molecule has 0 amide bonds. The number of aromatic nitrogens is 1. The van der Waals surface area contributed by atoms with E-state index in [2.05, 4.69) is 46.9 Å². The Kier molecular flexibility index (Phi) is 2.98. The van der Waals surface area contributed by atoms with E-state index in [0.717, 1.165) is 50.3 Å². The normalized spacial score (nSPS) is 11.4. The van der Waals surface area contributed by atoms with Crippen LogP contribution in [-0.2, 0) is 0 Å². The van der Waals surface area contributed by atoms with Crippen LogP contribution in [0.1, 0.15) is 10.4 Å². The molecule has 0 atom stereocenters. The van der Waals surface area contributed by atoms with E-state index < -0.39 is 0 Å². The standard InChI is InChI=1S/C23H15NO/c25-15-20-18-11-5-7-13-22(18)24-21-12-6-4-10-17(21)14-19(23(20)24)16-8-2-1-3-9-16/h1-15H. The molecule has 0 aliphatic heterocycles. The molecule has 0 aliphatic rings. The zero-order valence-corrected chi connectivity index (χ0v) is 13.5. The van der Waals surface area contributed by atoms with Crippen molar-refractivity contribution >= 4 is 33.6 Å². The molecule has 0 saturated heterocycles. The van der Waals surface area contributed by atoms with Crippen LogP contribution < -0.4 is 0 Å². The maximum Gasteiger partial charge on any atom is 0.152 e. The van der Waals surface area contributed by atoms with Gasteiger partial charge in [0.1, 0.15) is 0 Å². The number of carbonyl (C=O) groups excluding carboxylic acids is 1. The molecule has 2 aromatic heterocycles. The summed E-state index contributed by atoms with van der Waals surface area (Å²) in [5.41, 5.74) is 6.10. The minimum Gasteiger partial charge on any atom is -0.308 e. The molecule has 118 valence electrons. The van der Waals surface area contributed by atoms with E-state index >= 15 is 0 Å². The third-order valence-corrected chi connectivity index (χ3v) is 4.85. The number of nitrogens with zero attached hydrogens (tertiary/aromatic N) is 1. The lowest BCUT2D eigenvalue weighted by Crippen LogP contribution is -1.93. The molecule has 3 aromatic carbocycles. The van der Waals surface area contributed by atoms with Gasteiger partial charge in [-0.2, -0.15) is 0 Å². The first-order valence-corrected chi connectivity index (χ1v) is 8.34. The first-order valence-electron chi connectivity index (χ1n) is 8.34. The predicted octanol–water partition coefficient (Wildman–Crippen LogP) is 5.73. The van der Waals surface area contributed by atoms with Crippen LogP contribution in [0.2, 0.25) is 0 Å². The molecule has 2 heterocycles. The molecule has 0 radical (unpaired) electrons. The molecular formula is C23H15NO. The molecule has 0 spiro atoms. The summed E-state index contributed by atoms with van der Waals surface area (Å²) in [6.45, 7) is 0. The number of carbonyl (C=O) groups is 1. The van der Waals surface area contributed by atoms with Crippen molar-refractivity contribution < 1.29 is 4.79 Å². The first-order chi connectivity index (χ1) is 12.4. The number of pyridine rings is 1. The Balaban J connectivity index is 2.12. The van der Waals surface area contributed by atoms with Crippen molar-refractivity contribution in [2.45, 2.75) is 0 Å². The first kappa shape index (κ1) is 14.0. The van der Waals surface area contributed by atoms with Crippen LogP contribution >= 0.6 is 0 Å². The number of hydrogen-bond donors (Lipinski definition) is 0. The molecule has 2 nitrogen and oxygen atoms in total. The highest BCUT2D eigenvalue weighted by Gasteiger charge is 2.17. The van der Waals surface area contributed by atoms with E-state index in [4.69, 9.17) is 0 Å². The van der Waals surface area contributed by atoms with Crippen LogP contribution in [0.15, 0.2) is 84.9 Å². The summed E-state index contributed by atoms with van der Waals surface area (Å²) in [4.78, 5) is 12.0. The van der Waals surface area contributed by atoms with E-state index in [1.54, 1.807) is 0 Å². The highest BCUT2D eigenvalue weighted by molar-refractivity contribution is 6.12. The summed E-state index contributed by atoms with van der Waals surface area (Å²) in [5.74, 6) is 0. The molecule has 25 heavy (non-hydrogen) atoms. The lowest BCUT2D eigenvalue weighted by Gasteiger charge is -2.11. The second kappa shape index (κ2) is 5.32. The summed E-state index contributed by atoms with van der Waals surface area (Å²) in [7, 11) is 0. The van der Waals surface area contributed by atoms with Gasteiger partial charge in [-0.25, -0.2) is 0 Å². The molecule has 0 aliphatic carbocycles. The minimum absolute atomic E-state index is 0.750. The van der Waals surface area contributed by atoms with E-state index in [-0.39, 0.29) is 0 Å². The summed E-state index contributed by atoms with van der Waals surface area (Å²) in [6.07, 6.45) is 0.985. The van der Waals surface area contributed by atoms with Gasteiger partial charge in [-0.05, 0) is 29.1 Å². The lowest BCUT2D eigenvalue weighted by molar-refractivity contribution is 0.112. The van der Waals surface area contributed by atoms with Gasteiger partial charge < -0.3 is 4.40 Å². The van der Waals surface area contributed by atoms with E-state index in [1.807, 2.05) is 42.5 Å². The van der Waals surface area contributed by atoms with Crippen molar-refractivity contribution in [2.24, 2.45) is 0 Å². The van der Waals surface area contributed by atoms with Gasteiger partial charge in [-0.3, -0.25) is 4.79 Å². The number of fused-ring (bicyclic) bond motifs is 5. The van der Waals surface area contributed by atoms with Crippen molar-refractivity contribution in [1.29, 1.82) is 0 Å². The van der Waals surface area contributed by atoms with Crippen molar-refractivity contribution in [1.82, 2.24) is 4.40 Å². The van der Waals surface area contributed by atoms with Crippen molar-refractivity contribution in [3.05, 3.63) is 90.5 Å². The number of benzene rings is 3. The number of hydrogen-bond acceptors (Lipinski definition) is 1. The fraction of sp³-hybridized carbons (Fsp3) is 0. The Hall–Kier alpha value is -3.39. The largest absolute Gasteiger partial charge is 0.308 e. The molecule has 5 aromatic rings. The summed E-state index contributed by atoms with van der Waals surface area (Å²) < 4.78 is 2.22. The van der Waals surface area contributed by atoms with Gasteiger partial charge in [-0.15, -0.1) is 0 Å². The molecule has 0 saturated carbocycles. The summed E-state index contributed by atoms with van der Waals surface area (Å²) >= 11 is 0. The minimum atomic E-state index is 0.750. The van der Waals surface area contributed by atoms with Gasteiger partial charge >= 0.3 is 0 Å². The monoisotopic (exact) mass is 321 g/mol. The van der Waals surface area contributed by atoms with E-state index in [9.17, 15) is 4.79 Å². The number of aldehydes is 1. The molecule has 0 fully saturated rings. The maximum atomic E-state index is 12.0. The van der Waals surface area contributed by atoms with E-state index in [0.29, 0.717) is 0 Å².